The molecule has 106 valence electrons. The van der Waals surface area contributed by atoms with Gasteiger partial charge in [-0.1, -0.05) is 0 Å². The van der Waals surface area contributed by atoms with Gasteiger partial charge in [0.1, 0.15) is 11.5 Å². The van der Waals surface area contributed by atoms with Crippen molar-refractivity contribution >= 4 is 5.97 Å². The second-order valence-electron chi connectivity index (χ2n) is 4.00. The first-order valence-electron chi connectivity index (χ1n) is 5.75. The molecule has 0 aromatic heterocycles. The number of methoxy groups -OCH3 is 3. The zero-order valence-electron chi connectivity index (χ0n) is 11.3. The van der Waals surface area contributed by atoms with Gasteiger partial charge in [-0.2, -0.15) is 0 Å². The topological polar surface area (TPSA) is 91.0 Å². The second kappa shape index (κ2) is 6.96. The lowest BCUT2D eigenvalue weighted by molar-refractivity contribution is -0.137. The summed E-state index contributed by atoms with van der Waals surface area (Å²) in [6, 6.07) is 2.76. The monoisotopic (exact) mass is 269 g/mol. The number of benzene rings is 1. The molecule has 0 aliphatic rings. The van der Waals surface area contributed by atoms with Crippen molar-refractivity contribution in [2.45, 2.75) is 19.1 Å². The van der Waals surface area contributed by atoms with Crippen molar-refractivity contribution in [3.05, 3.63) is 23.3 Å². The van der Waals surface area contributed by atoms with Gasteiger partial charge in [0.25, 0.3) is 0 Å². The highest BCUT2D eigenvalue weighted by Gasteiger charge is 2.22. The molecule has 3 N–H and O–H groups in total. The molecule has 1 atom stereocenters. The van der Waals surface area contributed by atoms with E-state index in [1.807, 2.05) is 0 Å². The van der Waals surface area contributed by atoms with Crippen LogP contribution >= 0.6 is 0 Å². The first-order chi connectivity index (χ1) is 9.04. The summed E-state index contributed by atoms with van der Waals surface area (Å²) in [7, 11) is 4.59. The number of rotatable bonds is 7. The minimum atomic E-state index is -0.972. The van der Waals surface area contributed by atoms with Gasteiger partial charge < -0.3 is 25.1 Å². The second-order valence-corrected chi connectivity index (χ2v) is 4.00. The van der Waals surface area contributed by atoms with Gasteiger partial charge in [0, 0.05) is 24.3 Å². The minimum Gasteiger partial charge on any atom is -0.496 e. The summed E-state index contributed by atoms with van der Waals surface area (Å²) >= 11 is 0. The number of ether oxygens (including phenoxy) is 3. The van der Waals surface area contributed by atoms with Crippen molar-refractivity contribution in [1.82, 2.24) is 0 Å². The van der Waals surface area contributed by atoms with Gasteiger partial charge in [-0.3, -0.25) is 4.79 Å². The first-order valence-corrected chi connectivity index (χ1v) is 5.75. The normalized spacial score (nSPS) is 12.0. The molecule has 19 heavy (non-hydrogen) atoms. The van der Waals surface area contributed by atoms with Crippen LogP contribution in [0, 0.1) is 0 Å². The van der Waals surface area contributed by atoms with E-state index in [2.05, 4.69) is 0 Å². The molecule has 0 bridgehead atoms. The number of carbonyl (C=O) groups is 1. The van der Waals surface area contributed by atoms with Crippen LogP contribution < -0.4 is 15.2 Å². The van der Waals surface area contributed by atoms with E-state index >= 15 is 0 Å². The van der Waals surface area contributed by atoms with E-state index in [-0.39, 0.29) is 13.0 Å². The highest BCUT2D eigenvalue weighted by Crippen LogP contribution is 2.35. The van der Waals surface area contributed by atoms with E-state index in [0.717, 1.165) is 0 Å². The van der Waals surface area contributed by atoms with Crippen LogP contribution in [0.2, 0.25) is 0 Å². The van der Waals surface area contributed by atoms with Crippen LogP contribution in [0.1, 0.15) is 23.6 Å². The Bertz CT molecular complexity index is 447. The van der Waals surface area contributed by atoms with Crippen molar-refractivity contribution in [1.29, 1.82) is 0 Å². The van der Waals surface area contributed by atoms with E-state index < -0.39 is 12.0 Å². The number of carboxylic acids is 1. The summed E-state index contributed by atoms with van der Waals surface area (Å²) in [5.41, 5.74) is 7.26. The molecule has 0 spiro atoms. The van der Waals surface area contributed by atoms with Crippen molar-refractivity contribution in [2.75, 3.05) is 21.3 Å². The van der Waals surface area contributed by atoms with Crippen LogP contribution in [-0.2, 0) is 16.1 Å². The Hall–Kier alpha value is -1.79. The highest BCUT2D eigenvalue weighted by molar-refractivity contribution is 5.68. The molecule has 1 unspecified atom stereocenters. The van der Waals surface area contributed by atoms with E-state index in [1.165, 1.54) is 14.2 Å². The predicted molar refractivity (Wildman–Crippen MR) is 69.4 cm³/mol. The molecular formula is C13H19NO5. The Morgan fingerprint density at radius 3 is 2.32 bits per heavy atom. The SMILES string of the molecule is COCc1c(OC)ccc(OC)c1C(N)CC(=O)O. The third kappa shape index (κ3) is 3.59. The number of aliphatic carboxylic acids is 1. The number of carboxylic acid groups (broad SMARTS) is 1. The standard InChI is InChI=1S/C13H19NO5/c1-17-7-8-10(18-2)4-5-11(19-3)13(8)9(14)6-12(15)16/h4-5,9H,6-7,14H2,1-3H3,(H,15,16). The Balaban J connectivity index is 3.32. The van der Waals surface area contributed by atoms with E-state index in [9.17, 15) is 4.79 Å². The molecule has 6 nitrogen and oxygen atoms in total. The zero-order valence-corrected chi connectivity index (χ0v) is 11.3. The Morgan fingerprint density at radius 2 is 1.84 bits per heavy atom. The van der Waals surface area contributed by atoms with Crippen LogP contribution in [0.5, 0.6) is 11.5 Å². The molecular weight excluding hydrogens is 250 g/mol. The lowest BCUT2D eigenvalue weighted by Crippen LogP contribution is -2.18. The van der Waals surface area contributed by atoms with Crippen molar-refractivity contribution in [3.63, 3.8) is 0 Å². The molecule has 0 heterocycles. The number of hydrogen-bond donors (Lipinski definition) is 2. The third-order valence-electron chi connectivity index (χ3n) is 2.77. The third-order valence-corrected chi connectivity index (χ3v) is 2.77. The molecule has 1 aromatic carbocycles. The molecule has 0 fully saturated rings. The van der Waals surface area contributed by atoms with Gasteiger partial charge in [0.15, 0.2) is 0 Å². The van der Waals surface area contributed by atoms with Gasteiger partial charge in [-0.15, -0.1) is 0 Å². The molecule has 0 saturated carbocycles. The predicted octanol–water partition coefficient (Wildman–Crippen LogP) is 1.32. The van der Waals surface area contributed by atoms with Crippen molar-refractivity contribution < 1.29 is 24.1 Å². The fraction of sp³-hybridized carbons (Fsp3) is 0.462. The fourth-order valence-electron chi connectivity index (χ4n) is 1.98. The highest BCUT2D eigenvalue weighted by atomic mass is 16.5. The van der Waals surface area contributed by atoms with Gasteiger partial charge in [0.05, 0.1) is 27.2 Å². The zero-order chi connectivity index (χ0) is 14.4. The molecule has 0 saturated heterocycles. The van der Waals surface area contributed by atoms with Gasteiger partial charge in [0.2, 0.25) is 0 Å². The lowest BCUT2D eigenvalue weighted by Gasteiger charge is -2.20. The quantitative estimate of drug-likeness (QED) is 0.776. The minimum absolute atomic E-state index is 0.194. The summed E-state index contributed by atoms with van der Waals surface area (Å²) in [5, 5.41) is 8.87. The maximum absolute atomic E-state index is 10.8. The van der Waals surface area contributed by atoms with Crippen molar-refractivity contribution in [2.24, 2.45) is 5.73 Å². The average Bonchev–Trinajstić information content (AvgIpc) is 2.37. The van der Waals surface area contributed by atoms with E-state index in [4.69, 9.17) is 25.1 Å². The molecule has 0 aliphatic carbocycles. The smallest absolute Gasteiger partial charge is 0.305 e. The Labute approximate surface area is 112 Å². The van der Waals surface area contributed by atoms with Gasteiger partial charge in [-0.05, 0) is 12.1 Å². The largest absolute Gasteiger partial charge is 0.496 e. The summed E-state index contributed by atoms with van der Waals surface area (Å²) in [6.07, 6.45) is -0.194. The Morgan fingerprint density at radius 1 is 1.26 bits per heavy atom. The van der Waals surface area contributed by atoms with Crippen LogP contribution in [0.25, 0.3) is 0 Å². The first kappa shape index (κ1) is 15.3. The van der Waals surface area contributed by atoms with Gasteiger partial charge >= 0.3 is 5.97 Å². The molecule has 0 radical (unpaired) electrons. The summed E-state index contributed by atoms with van der Waals surface area (Å²) in [6.45, 7) is 0.267. The van der Waals surface area contributed by atoms with Gasteiger partial charge in [-0.25, -0.2) is 0 Å². The lowest BCUT2D eigenvalue weighted by atomic mass is 9.96. The van der Waals surface area contributed by atoms with Crippen LogP contribution in [0.4, 0.5) is 0 Å². The van der Waals surface area contributed by atoms with E-state index in [1.54, 1.807) is 19.2 Å². The summed E-state index contributed by atoms with van der Waals surface area (Å²) < 4.78 is 15.6. The van der Waals surface area contributed by atoms with Crippen molar-refractivity contribution in [3.8, 4) is 11.5 Å². The summed E-state index contributed by atoms with van der Waals surface area (Å²) in [5.74, 6) is 0.154. The Kier molecular flexibility index (Phi) is 5.59. The average molecular weight is 269 g/mol. The molecule has 0 aliphatic heterocycles. The number of hydrogen-bond acceptors (Lipinski definition) is 5. The molecule has 1 rings (SSSR count). The molecule has 0 amide bonds. The number of nitrogens with two attached hydrogens (primary N) is 1. The molecule has 6 heteroatoms. The maximum Gasteiger partial charge on any atom is 0.305 e. The van der Waals surface area contributed by atoms with E-state index in [0.29, 0.717) is 22.6 Å². The fourth-order valence-corrected chi connectivity index (χ4v) is 1.98. The van der Waals surface area contributed by atoms with Crippen LogP contribution in [0.15, 0.2) is 12.1 Å². The maximum atomic E-state index is 10.8. The van der Waals surface area contributed by atoms with Crippen LogP contribution in [0.3, 0.4) is 0 Å². The van der Waals surface area contributed by atoms with Crippen LogP contribution in [-0.4, -0.2) is 32.4 Å². The summed E-state index contributed by atoms with van der Waals surface area (Å²) in [4.78, 5) is 10.8. The molecule has 1 aromatic rings.